The monoisotopic (exact) mass is 440 g/mol. The molecule has 0 saturated carbocycles. The van der Waals surface area contributed by atoms with Crippen LogP contribution >= 0.6 is 0 Å². The standard InChI is InChI=1S/C24H36N6O2/c1-23(2)11-17(12-24(3,4)29-23)30(5)21(28)8-7-18(27)22-19(31)9-15(10-20(22)32-6)16(13-25)14-26/h7-10,13-14,17,25,27-29,31H,11-12,26H2,1-6H3/b8-7-,16-14+,25-13?,27-18?,28-21?. The number of phenolic OH excluding ortho intramolecular Hbond substituents is 1. The summed E-state index contributed by atoms with van der Waals surface area (Å²) >= 11 is 0. The normalized spacial score (nSPS) is 18.4. The molecule has 7 N–H and O–H groups in total. The number of hydrogen-bond donors (Lipinski definition) is 6. The molecule has 0 spiro atoms. The van der Waals surface area contributed by atoms with Gasteiger partial charge in [0.15, 0.2) is 0 Å². The van der Waals surface area contributed by atoms with Gasteiger partial charge in [-0.25, -0.2) is 0 Å². The van der Waals surface area contributed by atoms with Gasteiger partial charge in [0.25, 0.3) is 0 Å². The number of nitrogens with zero attached hydrogens (tertiary/aromatic N) is 1. The van der Waals surface area contributed by atoms with E-state index in [1.807, 2.05) is 11.9 Å². The second-order valence-electron chi connectivity index (χ2n) is 9.54. The lowest BCUT2D eigenvalue weighted by molar-refractivity contribution is 0.114. The molecular formula is C24H36N6O2. The lowest BCUT2D eigenvalue weighted by atomic mass is 9.79. The van der Waals surface area contributed by atoms with Gasteiger partial charge in [0.05, 0.1) is 18.4 Å². The minimum absolute atomic E-state index is 0.0168. The number of likely N-dealkylation sites (N-methyl/N-ethyl adjacent to an activating group) is 1. The van der Waals surface area contributed by atoms with Crippen molar-refractivity contribution < 1.29 is 9.84 Å². The fraction of sp³-hybridized carbons (Fsp3) is 0.458. The third-order valence-corrected chi connectivity index (χ3v) is 5.74. The highest BCUT2D eigenvalue weighted by atomic mass is 16.5. The maximum Gasteiger partial charge on any atom is 0.132 e. The SMILES string of the molecule is COc1cc(/C(C=N)=C/N)cc(O)c1C(=N)/C=C\C(=N)N(C)C1CC(C)(C)NC(C)(C)C1. The number of aromatic hydroxyl groups is 1. The van der Waals surface area contributed by atoms with E-state index < -0.39 is 0 Å². The predicted octanol–water partition coefficient (Wildman–Crippen LogP) is 3.49. The molecule has 8 heteroatoms. The van der Waals surface area contributed by atoms with Gasteiger partial charge in [-0.2, -0.15) is 0 Å². The summed E-state index contributed by atoms with van der Waals surface area (Å²) in [6.45, 7) is 8.69. The molecule has 1 aliphatic rings. The van der Waals surface area contributed by atoms with Crippen LogP contribution in [0.15, 0.2) is 30.5 Å². The number of rotatable bonds is 7. The van der Waals surface area contributed by atoms with Crippen LogP contribution in [0.25, 0.3) is 5.57 Å². The summed E-state index contributed by atoms with van der Waals surface area (Å²) in [5.41, 5.74) is 6.63. The Morgan fingerprint density at radius 1 is 1.19 bits per heavy atom. The molecule has 1 aromatic rings. The van der Waals surface area contributed by atoms with E-state index >= 15 is 0 Å². The van der Waals surface area contributed by atoms with E-state index in [9.17, 15) is 5.11 Å². The number of hydrogen-bond acceptors (Lipinski definition) is 7. The van der Waals surface area contributed by atoms with Gasteiger partial charge in [-0.1, -0.05) is 0 Å². The van der Waals surface area contributed by atoms with Crippen LogP contribution in [0.4, 0.5) is 0 Å². The molecular weight excluding hydrogens is 404 g/mol. The van der Waals surface area contributed by atoms with Crippen molar-refractivity contribution in [2.45, 2.75) is 57.7 Å². The van der Waals surface area contributed by atoms with E-state index in [-0.39, 0.29) is 39.9 Å². The van der Waals surface area contributed by atoms with E-state index in [1.165, 1.54) is 25.5 Å². The minimum atomic E-state index is -0.156. The number of methoxy groups -OCH3 is 1. The van der Waals surface area contributed by atoms with Crippen LogP contribution in [0.1, 0.15) is 51.7 Å². The van der Waals surface area contributed by atoms with Gasteiger partial charge in [-0.15, -0.1) is 0 Å². The summed E-state index contributed by atoms with van der Waals surface area (Å²) in [6, 6.07) is 3.26. The summed E-state index contributed by atoms with van der Waals surface area (Å²) in [4.78, 5) is 1.94. The molecule has 174 valence electrons. The quantitative estimate of drug-likeness (QED) is 0.284. The van der Waals surface area contributed by atoms with Crippen LogP contribution in [0.5, 0.6) is 11.5 Å². The van der Waals surface area contributed by atoms with Crippen molar-refractivity contribution in [3.05, 3.63) is 41.6 Å². The molecule has 1 fully saturated rings. The highest BCUT2D eigenvalue weighted by Crippen LogP contribution is 2.33. The van der Waals surface area contributed by atoms with Gasteiger partial charge < -0.3 is 31.2 Å². The number of ether oxygens (including phenoxy) is 1. The molecule has 0 aliphatic carbocycles. The number of phenols is 1. The Bertz CT molecular complexity index is 945. The fourth-order valence-corrected chi connectivity index (χ4v) is 4.53. The van der Waals surface area contributed by atoms with Crippen molar-refractivity contribution in [3.63, 3.8) is 0 Å². The Kier molecular flexibility index (Phi) is 7.51. The number of nitrogens with two attached hydrogens (primary N) is 1. The van der Waals surface area contributed by atoms with Gasteiger partial charge in [0.1, 0.15) is 17.3 Å². The molecule has 2 rings (SSSR count). The lowest BCUT2D eigenvalue weighted by Crippen LogP contribution is -2.62. The first-order chi connectivity index (χ1) is 14.8. The molecule has 0 unspecified atom stereocenters. The summed E-state index contributed by atoms with van der Waals surface area (Å²) in [5, 5.41) is 38.6. The van der Waals surface area contributed by atoms with E-state index in [0.717, 1.165) is 19.1 Å². The van der Waals surface area contributed by atoms with E-state index in [2.05, 4.69) is 33.0 Å². The Balaban J connectivity index is 2.24. The molecule has 0 radical (unpaired) electrons. The largest absolute Gasteiger partial charge is 0.507 e. The van der Waals surface area contributed by atoms with Gasteiger partial charge in [0, 0.05) is 42.2 Å². The zero-order valence-corrected chi connectivity index (χ0v) is 19.8. The van der Waals surface area contributed by atoms with Gasteiger partial charge in [-0.05, 0) is 70.4 Å². The van der Waals surface area contributed by atoms with Crippen molar-refractivity contribution in [2.24, 2.45) is 5.73 Å². The average Bonchev–Trinajstić information content (AvgIpc) is 2.69. The summed E-state index contributed by atoms with van der Waals surface area (Å²) in [5.74, 6) is 0.426. The molecule has 0 aromatic heterocycles. The summed E-state index contributed by atoms with van der Waals surface area (Å²) in [6.07, 6.45) is 7.22. The zero-order chi connectivity index (χ0) is 24.3. The molecule has 0 bridgehead atoms. The van der Waals surface area contributed by atoms with Gasteiger partial charge >= 0.3 is 0 Å². The smallest absolute Gasteiger partial charge is 0.132 e. The second-order valence-corrected chi connectivity index (χ2v) is 9.54. The molecule has 32 heavy (non-hydrogen) atoms. The predicted molar refractivity (Wildman–Crippen MR) is 131 cm³/mol. The molecule has 8 nitrogen and oxygen atoms in total. The van der Waals surface area contributed by atoms with Crippen LogP contribution < -0.4 is 15.8 Å². The Labute approximate surface area is 190 Å². The van der Waals surface area contributed by atoms with Crippen molar-refractivity contribution in [1.82, 2.24) is 10.2 Å². The van der Waals surface area contributed by atoms with Crippen molar-refractivity contribution in [3.8, 4) is 11.5 Å². The molecule has 0 amide bonds. The topological polar surface area (TPSA) is 142 Å². The van der Waals surface area contributed by atoms with Crippen LogP contribution in [0.3, 0.4) is 0 Å². The fourth-order valence-electron chi connectivity index (χ4n) is 4.53. The van der Waals surface area contributed by atoms with E-state index in [4.69, 9.17) is 26.7 Å². The van der Waals surface area contributed by atoms with Crippen molar-refractivity contribution in [1.29, 1.82) is 16.2 Å². The first-order valence-electron chi connectivity index (χ1n) is 10.6. The number of benzene rings is 1. The van der Waals surface area contributed by atoms with Crippen LogP contribution in [-0.4, -0.2) is 59.0 Å². The highest BCUT2D eigenvalue weighted by Gasteiger charge is 2.39. The van der Waals surface area contributed by atoms with Crippen LogP contribution in [0, 0.1) is 16.2 Å². The molecule has 1 saturated heterocycles. The Hall–Kier alpha value is -3.13. The molecule has 1 aliphatic heterocycles. The van der Waals surface area contributed by atoms with E-state index in [0.29, 0.717) is 17.0 Å². The van der Waals surface area contributed by atoms with Crippen LogP contribution in [0.2, 0.25) is 0 Å². The molecule has 0 atom stereocenters. The third kappa shape index (κ3) is 5.76. The Morgan fingerprint density at radius 2 is 1.78 bits per heavy atom. The number of allylic oxidation sites excluding steroid dienone is 2. The number of nitrogens with one attached hydrogen (secondary N) is 4. The highest BCUT2D eigenvalue weighted by molar-refractivity contribution is 6.14. The van der Waals surface area contributed by atoms with Crippen molar-refractivity contribution >= 4 is 23.3 Å². The summed E-state index contributed by atoms with van der Waals surface area (Å²) in [7, 11) is 3.36. The van der Waals surface area contributed by atoms with Gasteiger partial charge in [-0.3, -0.25) is 10.8 Å². The first-order valence-corrected chi connectivity index (χ1v) is 10.6. The molecule has 1 heterocycles. The Morgan fingerprint density at radius 3 is 2.28 bits per heavy atom. The first kappa shape index (κ1) is 25.1. The molecule has 1 aromatic carbocycles. The second kappa shape index (κ2) is 9.56. The van der Waals surface area contributed by atoms with E-state index in [1.54, 1.807) is 12.1 Å². The lowest BCUT2D eigenvalue weighted by Gasteiger charge is -2.49. The maximum atomic E-state index is 10.5. The minimum Gasteiger partial charge on any atom is -0.507 e. The number of piperidine rings is 1. The van der Waals surface area contributed by atoms with Crippen molar-refractivity contribution in [2.75, 3.05) is 14.2 Å². The van der Waals surface area contributed by atoms with Crippen LogP contribution in [-0.2, 0) is 0 Å². The van der Waals surface area contributed by atoms with Gasteiger partial charge in [0.2, 0.25) is 0 Å². The average molecular weight is 441 g/mol. The zero-order valence-electron chi connectivity index (χ0n) is 19.8. The number of amidine groups is 1. The maximum absolute atomic E-state index is 10.5. The third-order valence-electron chi connectivity index (χ3n) is 5.74. The summed E-state index contributed by atoms with van der Waals surface area (Å²) < 4.78 is 5.37.